The van der Waals surface area contributed by atoms with E-state index in [1.807, 2.05) is 30.3 Å². The smallest absolute Gasteiger partial charge is 0.271 e. The van der Waals surface area contributed by atoms with E-state index in [0.717, 1.165) is 42.7 Å². The highest BCUT2D eigenvalue weighted by molar-refractivity contribution is 5.92. The predicted octanol–water partition coefficient (Wildman–Crippen LogP) is 2.86. The summed E-state index contributed by atoms with van der Waals surface area (Å²) < 4.78 is 1.43. The molecule has 130 valence electrons. The second-order valence-electron chi connectivity index (χ2n) is 8.33. The van der Waals surface area contributed by atoms with Crippen LogP contribution in [0.25, 0.3) is 5.69 Å². The molecule has 0 unspecified atom stereocenters. The minimum absolute atomic E-state index is 0.0441. The number of hydrogen-bond acceptors (Lipinski definition) is 2. The van der Waals surface area contributed by atoms with Gasteiger partial charge in [-0.15, -0.1) is 0 Å². The highest BCUT2D eigenvalue weighted by Gasteiger charge is 2.51. The van der Waals surface area contributed by atoms with Crippen LogP contribution in [0.5, 0.6) is 0 Å². The summed E-state index contributed by atoms with van der Waals surface area (Å²) in [5, 5.41) is 6.28. The van der Waals surface area contributed by atoms with Crippen LogP contribution in [-0.4, -0.2) is 21.2 Å². The first-order valence-electron chi connectivity index (χ1n) is 9.30. The Hall–Kier alpha value is -2.30. The quantitative estimate of drug-likeness (QED) is 0.904. The van der Waals surface area contributed by atoms with Crippen molar-refractivity contribution in [3.8, 4) is 5.69 Å². The fraction of sp³-hybridized carbons (Fsp3) is 0.500. The minimum Gasteiger partial charge on any atom is -0.345 e. The summed E-state index contributed by atoms with van der Waals surface area (Å²) in [6.45, 7) is 0. The monoisotopic (exact) mass is 337 g/mol. The molecule has 1 heterocycles. The first-order chi connectivity index (χ1) is 12.1. The van der Waals surface area contributed by atoms with E-state index < -0.39 is 0 Å². The number of nitrogens with zero attached hydrogens (tertiary/aromatic N) is 1. The fourth-order valence-electron chi connectivity index (χ4n) is 5.85. The molecular weight excluding hydrogens is 314 g/mol. The van der Waals surface area contributed by atoms with E-state index in [2.05, 4.69) is 10.4 Å². The van der Waals surface area contributed by atoms with E-state index in [1.54, 1.807) is 0 Å². The van der Waals surface area contributed by atoms with Crippen molar-refractivity contribution in [3.63, 3.8) is 0 Å². The highest BCUT2D eigenvalue weighted by Crippen LogP contribution is 2.55. The minimum atomic E-state index is -0.207. The Balaban J connectivity index is 1.40. The van der Waals surface area contributed by atoms with Crippen LogP contribution in [0, 0.1) is 17.8 Å². The molecule has 6 rings (SSSR count). The van der Waals surface area contributed by atoms with Gasteiger partial charge in [-0.2, -0.15) is 0 Å². The van der Waals surface area contributed by atoms with Gasteiger partial charge in [0.2, 0.25) is 0 Å². The number of amides is 1. The third-order valence-electron chi connectivity index (χ3n) is 6.40. The molecule has 0 saturated heterocycles. The van der Waals surface area contributed by atoms with Gasteiger partial charge in [0.15, 0.2) is 0 Å². The average molecular weight is 337 g/mol. The van der Waals surface area contributed by atoms with Crippen molar-refractivity contribution in [2.75, 3.05) is 0 Å². The molecular formula is C20H23N3O2. The number of aromatic amines is 1. The van der Waals surface area contributed by atoms with Crippen molar-refractivity contribution in [2.45, 2.75) is 44.1 Å². The van der Waals surface area contributed by atoms with Crippen LogP contribution in [-0.2, 0) is 0 Å². The van der Waals surface area contributed by atoms with Gasteiger partial charge in [-0.25, -0.2) is 4.68 Å². The van der Waals surface area contributed by atoms with Gasteiger partial charge < -0.3 is 5.32 Å². The molecule has 1 aromatic heterocycles. The van der Waals surface area contributed by atoms with E-state index >= 15 is 0 Å². The number of para-hydroxylation sites is 1. The fourth-order valence-corrected chi connectivity index (χ4v) is 5.85. The molecule has 2 aromatic rings. The number of H-pyrrole nitrogens is 1. The van der Waals surface area contributed by atoms with E-state index in [0.29, 0.717) is 5.69 Å². The van der Waals surface area contributed by atoms with Crippen molar-refractivity contribution in [2.24, 2.45) is 17.8 Å². The van der Waals surface area contributed by atoms with E-state index in [4.69, 9.17) is 0 Å². The van der Waals surface area contributed by atoms with Gasteiger partial charge in [0.1, 0.15) is 5.69 Å². The third-order valence-corrected chi connectivity index (χ3v) is 6.40. The lowest BCUT2D eigenvalue weighted by molar-refractivity contribution is -0.0167. The number of carbonyl (C=O) groups is 1. The lowest BCUT2D eigenvalue weighted by Crippen LogP contribution is -2.59. The van der Waals surface area contributed by atoms with Gasteiger partial charge in [-0.1, -0.05) is 18.2 Å². The SMILES string of the molecule is O=C(NC12CC3CC(CC(C3)C1)C2)c1cc(=O)n(-c2ccccc2)[nH]1. The summed E-state index contributed by atoms with van der Waals surface area (Å²) >= 11 is 0. The van der Waals surface area contributed by atoms with Gasteiger partial charge >= 0.3 is 0 Å². The molecule has 4 aliphatic rings. The average Bonchev–Trinajstić information content (AvgIpc) is 2.96. The summed E-state index contributed by atoms with van der Waals surface area (Å²) in [6, 6.07) is 10.7. The molecule has 4 aliphatic carbocycles. The molecule has 0 atom stereocenters. The second-order valence-corrected chi connectivity index (χ2v) is 8.33. The van der Waals surface area contributed by atoms with Crippen LogP contribution >= 0.6 is 0 Å². The Kier molecular flexibility index (Phi) is 3.21. The zero-order chi connectivity index (χ0) is 17.0. The molecule has 1 aromatic carbocycles. The topological polar surface area (TPSA) is 66.9 Å². The first kappa shape index (κ1) is 15.0. The van der Waals surface area contributed by atoms with Crippen LogP contribution in [0.2, 0.25) is 0 Å². The van der Waals surface area contributed by atoms with Crippen molar-refractivity contribution < 1.29 is 4.79 Å². The maximum Gasteiger partial charge on any atom is 0.271 e. The maximum atomic E-state index is 12.8. The van der Waals surface area contributed by atoms with Crippen LogP contribution in [0.1, 0.15) is 49.0 Å². The molecule has 0 spiro atoms. The zero-order valence-electron chi connectivity index (χ0n) is 14.2. The molecule has 5 heteroatoms. The van der Waals surface area contributed by atoms with Gasteiger partial charge in [-0.05, 0) is 68.4 Å². The largest absolute Gasteiger partial charge is 0.345 e. The summed E-state index contributed by atoms with van der Waals surface area (Å²) in [6.07, 6.45) is 7.35. The Bertz CT molecular complexity index is 829. The summed E-state index contributed by atoms with van der Waals surface area (Å²) in [4.78, 5) is 25.1. The van der Waals surface area contributed by atoms with Gasteiger partial charge in [0, 0.05) is 11.6 Å². The molecule has 2 N–H and O–H groups in total. The van der Waals surface area contributed by atoms with Gasteiger partial charge in [0.05, 0.1) is 5.69 Å². The van der Waals surface area contributed by atoms with Crippen molar-refractivity contribution in [1.29, 1.82) is 0 Å². The molecule has 0 radical (unpaired) electrons. The summed E-state index contributed by atoms with van der Waals surface area (Å²) in [7, 11) is 0. The highest BCUT2D eigenvalue weighted by atomic mass is 16.2. The molecule has 4 saturated carbocycles. The number of hydrogen-bond donors (Lipinski definition) is 2. The van der Waals surface area contributed by atoms with E-state index in [-0.39, 0.29) is 17.0 Å². The van der Waals surface area contributed by atoms with Gasteiger partial charge in [-0.3, -0.25) is 14.7 Å². The number of rotatable bonds is 3. The Morgan fingerprint density at radius 1 is 1.04 bits per heavy atom. The van der Waals surface area contributed by atoms with Crippen LogP contribution in [0.4, 0.5) is 0 Å². The predicted molar refractivity (Wildman–Crippen MR) is 94.8 cm³/mol. The van der Waals surface area contributed by atoms with Crippen molar-refractivity contribution in [1.82, 2.24) is 15.1 Å². The molecule has 25 heavy (non-hydrogen) atoms. The Morgan fingerprint density at radius 3 is 2.24 bits per heavy atom. The zero-order valence-corrected chi connectivity index (χ0v) is 14.2. The Labute approximate surface area is 146 Å². The first-order valence-corrected chi connectivity index (χ1v) is 9.30. The lowest BCUT2D eigenvalue weighted by atomic mass is 9.53. The van der Waals surface area contributed by atoms with Crippen LogP contribution < -0.4 is 10.9 Å². The molecule has 0 aliphatic heterocycles. The summed E-state index contributed by atoms with van der Waals surface area (Å²) in [5.41, 5.74) is 0.838. The second kappa shape index (κ2) is 5.35. The molecule has 1 amide bonds. The lowest BCUT2D eigenvalue weighted by Gasteiger charge is -2.56. The number of benzene rings is 1. The van der Waals surface area contributed by atoms with Crippen molar-refractivity contribution >= 4 is 5.91 Å². The Morgan fingerprint density at radius 2 is 1.64 bits per heavy atom. The summed E-state index contributed by atoms with van der Waals surface area (Å²) in [5.74, 6) is 2.19. The standard InChI is InChI=1S/C20H23N3O2/c24-18-9-17(22-23(18)16-4-2-1-3-5-16)19(25)21-20-10-13-6-14(11-20)8-15(7-13)12-20/h1-5,9,13-15,22H,6-8,10-12H2,(H,21,25). The van der Waals surface area contributed by atoms with Crippen molar-refractivity contribution in [3.05, 3.63) is 52.4 Å². The molecule has 4 bridgehead atoms. The third kappa shape index (κ3) is 2.53. The van der Waals surface area contributed by atoms with Gasteiger partial charge in [0.25, 0.3) is 11.5 Å². The normalized spacial score (nSPS) is 32.7. The maximum absolute atomic E-state index is 12.8. The molecule has 5 nitrogen and oxygen atoms in total. The van der Waals surface area contributed by atoms with E-state index in [1.165, 1.54) is 30.0 Å². The van der Waals surface area contributed by atoms with Crippen LogP contribution in [0.15, 0.2) is 41.2 Å². The van der Waals surface area contributed by atoms with Crippen LogP contribution in [0.3, 0.4) is 0 Å². The number of aromatic nitrogens is 2. The molecule has 4 fully saturated rings. The number of carbonyl (C=O) groups excluding carboxylic acids is 1. The number of nitrogens with one attached hydrogen (secondary N) is 2. The van der Waals surface area contributed by atoms with E-state index in [9.17, 15) is 9.59 Å².